The molecule has 0 heterocycles. The van der Waals surface area contributed by atoms with Gasteiger partial charge in [0.25, 0.3) is 0 Å². The summed E-state index contributed by atoms with van der Waals surface area (Å²) in [6, 6.07) is 1.88. The topological polar surface area (TPSA) is 44.0 Å². The van der Waals surface area contributed by atoms with E-state index in [1.807, 2.05) is 13.0 Å². The van der Waals surface area contributed by atoms with Crippen LogP contribution in [-0.2, 0) is 0 Å². The van der Waals surface area contributed by atoms with Gasteiger partial charge in [-0.2, -0.15) is 5.26 Å². The lowest BCUT2D eigenvalue weighted by Crippen LogP contribution is -1.83. The molecule has 0 bridgehead atoms. The highest BCUT2D eigenvalue weighted by Crippen LogP contribution is 2.05. The number of allylic oxidation sites excluding steroid dienone is 2. The summed E-state index contributed by atoms with van der Waals surface area (Å²) in [6.07, 6.45) is 1.49. The molecule has 0 aliphatic carbocycles. The van der Waals surface area contributed by atoms with Gasteiger partial charge in [0.1, 0.15) is 5.76 Å². The fourth-order valence-electron chi connectivity index (χ4n) is 0.489. The van der Waals surface area contributed by atoms with E-state index in [0.29, 0.717) is 12.0 Å². The first-order valence-corrected chi connectivity index (χ1v) is 3.01. The van der Waals surface area contributed by atoms with Gasteiger partial charge in [-0.05, 0) is 13.3 Å². The number of aliphatic hydroxyl groups excluding tert-OH is 1. The van der Waals surface area contributed by atoms with Crippen molar-refractivity contribution in [3.8, 4) is 6.07 Å². The molecule has 1 N–H and O–H groups in total. The third-order valence-corrected chi connectivity index (χ3v) is 1.09. The van der Waals surface area contributed by atoms with Gasteiger partial charge < -0.3 is 5.11 Å². The number of hydrogen-bond donors (Lipinski definition) is 1. The second-order valence-electron chi connectivity index (χ2n) is 1.93. The van der Waals surface area contributed by atoms with Crippen LogP contribution in [0.1, 0.15) is 26.7 Å². The van der Waals surface area contributed by atoms with Crippen molar-refractivity contribution in [2.45, 2.75) is 26.7 Å². The lowest BCUT2D eigenvalue weighted by molar-refractivity contribution is 0.382. The molecule has 2 heteroatoms. The number of nitriles is 1. The van der Waals surface area contributed by atoms with Crippen molar-refractivity contribution in [3.05, 3.63) is 11.3 Å². The highest BCUT2D eigenvalue weighted by atomic mass is 16.3. The molecular formula is C7H11NO. The minimum atomic E-state index is 0.222. The number of aliphatic hydroxyl groups is 1. The Hall–Kier alpha value is -0.970. The van der Waals surface area contributed by atoms with Crippen LogP contribution < -0.4 is 0 Å². The van der Waals surface area contributed by atoms with Crippen molar-refractivity contribution in [3.63, 3.8) is 0 Å². The smallest absolute Gasteiger partial charge is 0.106 e. The van der Waals surface area contributed by atoms with Crippen LogP contribution in [-0.4, -0.2) is 5.11 Å². The number of hydrogen-bond acceptors (Lipinski definition) is 2. The average molecular weight is 125 g/mol. The highest BCUT2D eigenvalue weighted by molar-refractivity contribution is 5.20. The molecule has 0 aliphatic rings. The Labute approximate surface area is 55.4 Å². The molecule has 0 saturated heterocycles. The summed E-state index contributed by atoms with van der Waals surface area (Å²) in [7, 11) is 0. The van der Waals surface area contributed by atoms with Crippen LogP contribution in [0.15, 0.2) is 11.3 Å². The maximum atomic E-state index is 8.97. The number of rotatable bonds is 2. The van der Waals surface area contributed by atoms with E-state index in [2.05, 4.69) is 0 Å². The number of nitrogens with zero attached hydrogens (tertiary/aromatic N) is 1. The van der Waals surface area contributed by atoms with Gasteiger partial charge in [-0.25, -0.2) is 0 Å². The molecule has 0 unspecified atom stereocenters. The standard InChI is InChI=1S/C7H11NO/c1-3-4-7(9)6(2)5-8/h9H,3-4H2,1-2H3/b7-6-. The lowest BCUT2D eigenvalue weighted by Gasteiger charge is -1.94. The van der Waals surface area contributed by atoms with Crippen LogP contribution in [0.2, 0.25) is 0 Å². The van der Waals surface area contributed by atoms with Gasteiger partial charge in [0.15, 0.2) is 0 Å². The molecule has 50 valence electrons. The van der Waals surface area contributed by atoms with Crippen LogP contribution in [0.3, 0.4) is 0 Å². The Morgan fingerprint density at radius 1 is 1.67 bits per heavy atom. The fraction of sp³-hybridized carbons (Fsp3) is 0.571. The summed E-state index contributed by atoms with van der Waals surface area (Å²) in [5.74, 6) is 0.222. The summed E-state index contributed by atoms with van der Waals surface area (Å²) in [6.45, 7) is 3.58. The normalized spacial score (nSPS) is 12.1. The van der Waals surface area contributed by atoms with Gasteiger partial charge in [0.2, 0.25) is 0 Å². The van der Waals surface area contributed by atoms with E-state index < -0.39 is 0 Å². The molecule has 0 radical (unpaired) electrons. The summed E-state index contributed by atoms with van der Waals surface area (Å²) < 4.78 is 0. The minimum absolute atomic E-state index is 0.222. The van der Waals surface area contributed by atoms with Gasteiger partial charge >= 0.3 is 0 Å². The van der Waals surface area contributed by atoms with Gasteiger partial charge in [-0.15, -0.1) is 0 Å². The lowest BCUT2D eigenvalue weighted by atomic mass is 10.2. The summed E-state index contributed by atoms with van der Waals surface area (Å²) in [5, 5.41) is 17.2. The summed E-state index contributed by atoms with van der Waals surface area (Å²) in [4.78, 5) is 0. The van der Waals surface area contributed by atoms with Gasteiger partial charge in [0, 0.05) is 6.42 Å². The van der Waals surface area contributed by atoms with Crippen molar-refractivity contribution >= 4 is 0 Å². The molecule has 0 amide bonds. The van der Waals surface area contributed by atoms with Crippen LogP contribution in [0.5, 0.6) is 0 Å². The van der Waals surface area contributed by atoms with Crippen molar-refractivity contribution in [2.24, 2.45) is 0 Å². The molecule has 9 heavy (non-hydrogen) atoms. The second kappa shape index (κ2) is 3.96. The van der Waals surface area contributed by atoms with Crippen molar-refractivity contribution in [1.29, 1.82) is 5.26 Å². The molecule has 0 fully saturated rings. The predicted octanol–water partition coefficient (Wildman–Crippen LogP) is 2.14. The first-order valence-electron chi connectivity index (χ1n) is 3.01. The molecule has 0 aromatic carbocycles. The van der Waals surface area contributed by atoms with Gasteiger partial charge in [0.05, 0.1) is 11.6 Å². The molecule has 0 aliphatic heterocycles. The van der Waals surface area contributed by atoms with E-state index in [1.165, 1.54) is 0 Å². The minimum Gasteiger partial charge on any atom is -0.511 e. The molecule has 0 aromatic heterocycles. The third kappa shape index (κ3) is 2.76. The van der Waals surface area contributed by atoms with E-state index >= 15 is 0 Å². The zero-order chi connectivity index (χ0) is 7.28. The van der Waals surface area contributed by atoms with E-state index in [9.17, 15) is 0 Å². The Morgan fingerprint density at radius 2 is 2.22 bits per heavy atom. The molecule has 0 saturated carbocycles. The fourth-order valence-corrected chi connectivity index (χ4v) is 0.489. The average Bonchev–Trinajstić information content (AvgIpc) is 1.87. The Morgan fingerprint density at radius 3 is 2.56 bits per heavy atom. The maximum absolute atomic E-state index is 8.97. The van der Waals surface area contributed by atoms with Crippen LogP contribution in [0, 0.1) is 11.3 Å². The maximum Gasteiger partial charge on any atom is 0.106 e. The van der Waals surface area contributed by atoms with E-state index in [-0.39, 0.29) is 5.76 Å². The van der Waals surface area contributed by atoms with E-state index in [0.717, 1.165) is 6.42 Å². The van der Waals surface area contributed by atoms with Crippen LogP contribution in [0.4, 0.5) is 0 Å². The Kier molecular flexibility index (Phi) is 3.54. The van der Waals surface area contributed by atoms with Crippen LogP contribution >= 0.6 is 0 Å². The Bertz CT molecular complexity index is 153. The molecular weight excluding hydrogens is 114 g/mol. The zero-order valence-corrected chi connectivity index (χ0v) is 5.81. The third-order valence-electron chi connectivity index (χ3n) is 1.09. The highest BCUT2D eigenvalue weighted by Gasteiger charge is 1.95. The van der Waals surface area contributed by atoms with Gasteiger partial charge in [-0.3, -0.25) is 0 Å². The monoisotopic (exact) mass is 125 g/mol. The predicted molar refractivity (Wildman–Crippen MR) is 35.8 cm³/mol. The summed E-state index contributed by atoms with van der Waals surface area (Å²) >= 11 is 0. The largest absolute Gasteiger partial charge is 0.511 e. The molecule has 0 atom stereocenters. The van der Waals surface area contributed by atoms with Crippen molar-refractivity contribution in [2.75, 3.05) is 0 Å². The van der Waals surface area contributed by atoms with E-state index in [4.69, 9.17) is 10.4 Å². The molecule has 0 aromatic rings. The summed E-state index contributed by atoms with van der Waals surface area (Å²) in [5.41, 5.74) is 0.428. The Balaban J connectivity index is 3.98. The van der Waals surface area contributed by atoms with Crippen molar-refractivity contribution < 1.29 is 5.11 Å². The molecule has 0 rings (SSSR count). The first-order chi connectivity index (χ1) is 4.22. The zero-order valence-electron chi connectivity index (χ0n) is 5.81. The SMILES string of the molecule is CCC/C(O)=C(\C)C#N. The molecule has 0 spiro atoms. The van der Waals surface area contributed by atoms with Crippen LogP contribution in [0.25, 0.3) is 0 Å². The van der Waals surface area contributed by atoms with E-state index in [1.54, 1.807) is 6.92 Å². The quantitative estimate of drug-likeness (QED) is 0.454. The first kappa shape index (κ1) is 8.03. The molecule has 2 nitrogen and oxygen atoms in total. The second-order valence-corrected chi connectivity index (χ2v) is 1.93. The van der Waals surface area contributed by atoms with Gasteiger partial charge in [-0.1, -0.05) is 6.92 Å². The van der Waals surface area contributed by atoms with Crippen molar-refractivity contribution in [1.82, 2.24) is 0 Å².